The average Bonchev–Trinajstić information content (AvgIpc) is 3.05. The molecule has 1 unspecified atom stereocenters. The highest BCUT2D eigenvalue weighted by Gasteiger charge is 2.30. The Labute approximate surface area is 133 Å². The van der Waals surface area contributed by atoms with Crippen LogP contribution in [-0.4, -0.2) is 48.1 Å². The molecule has 2 aliphatic heterocycles. The maximum absolute atomic E-state index is 12.3. The number of carbonyl (C=O) groups is 1. The van der Waals surface area contributed by atoms with Crippen molar-refractivity contribution in [1.82, 2.24) is 15.1 Å². The number of hydrogen-bond donors (Lipinski definition) is 1. The number of rotatable bonds is 3. The SMILES string of the molecule is Cc1ccc(CNC(=O)N2CCC(N3CCCCC3)C2)cc1. The van der Waals surface area contributed by atoms with Crippen LogP contribution in [-0.2, 0) is 6.54 Å². The first-order valence-electron chi connectivity index (χ1n) is 8.55. The van der Waals surface area contributed by atoms with Gasteiger partial charge in [-0.05, 0) is 44.8 Å². The van der Waals surface area contributed by atoms with Crippen molar-refractivity contribution in [3.8, 4) is 0 Å². The van der Waals surface area contributed by atoms with Gasteiger partial charge < -0.3 is 10.2 Å². The first-order chi connectivity index (χ1) is 10.7. The summed E-state index contributed by atoms with van der Waals surface area (Å²) in [6, 6.07) is 8.99. The third-order valence-corrected chi connectivity index (χ3v) is 4.92. The third kappa shape index (κ3) is 3.80. The minimum absolute atomic E-state index is 0.0834. The number of benzene rings is 1. The minimum Gasteiger partial charge on any atom is -0.334 e. The normalized spacial score (nSPS) is 22.8. The van der Waals surface area contributed by atoms with Gasteiger partial charge in [0, 0.05) is 25.7 Å². The van der Waals surface area contributed by atoms with Gasteiger partial charge in [0.25, 0.3) is 0 Å². The van der Waals surface area contributed by atoms with E-state index >= 15 is 0 Å². The molecule has 2 aliphatic rings. The van der Waals surface area contributed by atoms with E-state index in [0.717, 1.165) is 25.1 Å². The summed E-state index contributed by atoms with van der Waals surface area (Å²) in [5.41, 5.74) is 2.41. The van der Waals surface area contributed by atoms with Crippen molar-refractivity contribution < 1.29 is 4.79 Å². The Hall–Kier alpha value is -1.55. The average molecular weight is 301 g/mol. The maximum Gasteiger partial charge on any atom is 0.317 e. The number of piperidine rings is 1. The molecule has 2 fully saturated rings. The van der Waals surface area contributed by atoms with Crippen molar-refractivity contribution in [1.29, 1.82) is 0 Å². The fraction of sp³-hybridized carbons (Fsp3) is 0.611. The molecule has 2 saturated heterocycles. The van der Waals surface area contributed by atoms with Gasteiger partial charge in [0.15, 0.2) is 0 Å². The Morgan fingerprint density at radius 2 is 1.86 bits per heavy atom. The van der Waals surface area contributed by atoms with E-state index in [1.807, 2.05) is 4.90 Å². The molecule has 0 aromatic heterocycles. The molecule has 120 valence electrons. The van der Waals surface area contributed by atoms with Crippen molar-refractivity contribution in [3.05, 3.63) is 35.4 Å². The summed E-state index contributed by atoms with van der Waals surface area (Å²) in [6.07, 6.45) is 5.12. The van der Waals surface area contributed by atoms with E-state index in [4.69, 9.17) is 0 Å². The summed E-state index contributed by atoms with van der Waals surface area (Å²) in [4.78, 5) is 16.9. The van der Waals surface area contributed by atoms with E-state index in [0.29, 0.717) is 12.6 Å². The van der Waals surface area contributed by atoms with E-state index < -0.39 is 0 Å². The Kier molecular flexibility index (Phi) is 4.98. The highest BCUT2D eigenvalue weighted by Crippen LogP contribution is 2.20. The van der Waals surface area contributed by atoms with Crippen LogP contribution in [0.25, 0.3) is 0 Å². The lowest BCUT2D eigenvalue weighted by Crippen LogP contribution is -2.43. The monoisotopic (exact) mass is 301 g/mol. The molecule has 1 aromatic carbocycles. The van der Waals surface area contributed by atoms with Crippen molar-refractivity contribution in [3.63, 3.8) is 0 Å². The molecule has 2 heterocycles. The number of amides is 2. The molecule has 0 aliphatic carbocycles. The first kappa shape index (κ1) is 15.3. The zero-order valence-corrected chi connectivity index (χ0v) is 13.6. The Morgan fingerprint density at radius 1 is 1.14 bits per heavy atom. The van der Waals surface area contributed by atoms with Crippen LogP contribution in [0.1, 0.15) is 36.8 Å². The quantitative estimate of drug-likeness (QED) is 0.932. The van der Waals surface area contributed by atoms with Crippen LogP contribution in [0.2, 0.25) is 0 Å². The van der Waals surface area contributed by atoms with Crippen LogP contribution >= 0.6 is 0 Å². The number of aryl methyl sites for hydroxylation is 1. The second-order valence-corrected chi connectivity index (χ2v) is 6.63. The number of carbonyl (C=O) groups excluding carboxylic acids is 1. The minimum atomic E-state index is 0.0834. The molecule has 1 aromatic rings. The molecule has 0 spiro atoms. The molecule has 3 rings (SSSR count). The topological polar surface area (TPSA) is 35.6 Å². The van der Waals surface area contributed by atoms with Gasteiger partial charge in [-0.2, -0.15) is 0 Å². The van der Waals surface area contributed by atoms with Crippen LogP contribution in [0.4, 0.5) is 4.79 Å². The van der Waals surface area contributed by atoms with E-state index in [1.165, 1.54) is 37.9 Å². The van der Waals surface area contributed by atoms with Crippen molar-refractivity contribution in [2.45, 2.75) is 45.2 Å². The van der Waals surface area contributed by atoms with Crippen LogP contribution in [0.15, 0.2) is 24.3 Å². The van der Waals surface area contributed by atoms with Crippen molar-refractivity contribution >= 4 is 6.03 Å². The summed E-state index contributed by atoms with van der Waals surface area (Å²) in [5.74, 6) is 0. The lowest BCUT2D eigenvalue weighted by atomic mass is 10.1. The number of likely N-dealkylation sites (tertiary alicyclic amines) is 2. The molecule has 2 amide bonds. The molecule has 0 bridgehead atoms. The van der Waals surface area contributed by atoms with Gasteiger partial charge in [-0.3, -0.25) is 4.90 Å². The molecule has 4 nitrogen and oxygen atoms in total. The van der Waals surface area contributed by atoms with Crippen LogP contribution in [0.5, 0.6) is 0 Å². The summed E-state index contributed by atoms with van der Waals surface area (Å²) < 4.78 is 0. The second-order valence-electron chi connectivity index (χ2n) is 6.63. The zero-order valence-electron chi connectivity index (χ0n) is 13.6. The lowest BCUT2D eigenvalue weighted by Gasteiger charge is -2.32. The van der Waals surface area contributed by atoms with E-state index in [9.17, 15) is 4.79 Å². The third-order valence-electron chi connectivity index (χ3n) is 4.92. The van der Waals surface area contributed by atoms with Gasteiger partial charge in [0.1, 0.15) is 0 Å². The number of hydrogen-bond acceptors (Lipinski definition) is 2. The van der Waals surface area contributed by atoms with E-state index in [-0.39, 0.29) is 6.03 Å². The fourth-order valence-electron chi connectivity index (χ4n) is 3.50. The summed E-state index contributed by atoms with van der Waals surface area (Å²) in [7, 11) is 0. The summed E-state index contributed by atoms with van der Waals surface area (Å²) >= 11 is 0. The van der Waals surface area contributed by atoms with Crippen LogP contribution < -0.4 is 5.32 Å². The number of nitrogens with zero attached hydrogens (tertiary/aromatic N) is 2. The Balaban J connectivity index is 1.45. The Morgan fingerprint density at radius 3 is 2.59 bits per heavy atom. The molecule has 1 N–H and O–H groups in total. The van der Waals surface area contributed by atoms with Crippen LogP contribution in [0, 0.1) is 6.92 Å². The number of urea groups is 1. The first-order valence-corrected chi connectivity index (χ1v) is 8.55. The summed E-state index contributed by atoms with van der Waals surface area (Å²) in [5, 5.41) is 3.05. The van der Waals surface area contributed by atoms with E-state index in [2.05, 4.69) is 41.4 Å². The second kappa shape index (κ2) is 7.14. The molecule has 1 atom stereocenters. The van der Waals surface area contributed by atoms with Crippen LogP contribution in [0.3, 0.4) is 0 Å². The van der Waals surface area contributed by atoms with Gasteiger partial charge in [0.2, 0.25) is 0 Å². The standard InChI is InChI=1S/C18H27N3O/c1-15-5-7-16(8-6-15)13-19-18(22)21-12-9-17(14-21)20-10-3-2-4-11-20/h5-8,17H,2-4,9-14H2,1H3,(H,19,22). The highest BCUT2D eigenvalue weighted by atomic mass is 16.2. The van der Waals surface area contributed by atoms with Gasteiger partial charge in [-0.25, -0.2) is 4.79 Å². The molecule has 22 heavy (non-hydrogen) atoms. The molecular weight excluding hydrogens is 274 g/mol. The number of nitrogens with one attached hydrogen (secondary N) is 1. The van der Waals surface area contributed by atoms with Gasteiger partial charge in [-0.1, -0.05) is 36.2 Å². The van der Waals surface area contributed by atoms with Gasteiger partial charge in [-0.15, -0.1) is 0 Å². The van der Waals surface area contributed by atoms with E-state index in [1.54, 1.807) is 0 Å². The molecular formula is C18H27N3O. The van der Waals surface area contributed by atoms with Crippen molar-refractivity contribution in [2.24, 2.45) is 0 Å². The highest BCUT2D eigenvalue weighted by molar-refractivity contribution is 5.74. The van der Waals surface area contributed by atoms with Crippen molar-refractivity contribution in [2.75, 3.05) is 26.2 Å². The Bertz CT molecular complexity index is 494. The fourth-order valence-corrected chi connectivity index (χ4v) is 3.50. The largest absolute Gasteiger partial charge is 0.334 e. The smallest absolute Gasteiger partial charge is 0.317 e. The molecule has 0 radical (unpaired) electrons. The van der Waals surface area contributed by atoms with Gasteiger partial charge in [0.05, 0.1) is 0 Å². The maximum atomic E-state index is 12.3. The predicted molar refractivity (Wildman–Crippen MR) is 88.8 cm³/mol. The summed E-state index contributed by atoms with van der Waals surface area (Å²) in [6.45, 7) is 6.89. The zero-order chi connectivity index (χ0) is 15.4. The molecule has 0 saturated carbocycles. The molecule has 4 heteroatoms. The lowest BCUT2D eigenvalue weighted by molar-refractivity contribution is 0.161. The van der Waals surface area contributed by atoms with Gasteiger partial charge >= 0.3 is 6.03 Å². The predicted octanol–water partition coefficient (Wildman–Crippen LogP) is 2.76.